The third-order valence-electron chi connectivity index (χ3n) is 1.29. The van der Waals surface area contributed by atoms with Crippen molar-refractivity contribution in [1.82, 2.24) is 0 Å². The molecule has 0 aromatic heterocycles. The van der Waals surface area contributed by atoms with Crippen molar-refractivity contribution in [2.75, 3.05) is 7.11 Å². The molecule has 0 amide bonds. The number of methoxy groups -OCH3 is 1. The molecule has 1 aromatic rings. The number of benzene rings is 1. The highest BCUT2D eigenvalue weighted by molar-refractivity contribution is 5.49. The average Bonchev–Trinajstić information content (AvgIpc) is 2.20. The summed E-state index contributed by atoms with van der Waals surface area (Å²) in [5.74, 6) is 5.47. The minimum absolute atomic E-state index is 0.00968. The number of hydrogen-bond acceptors (Lipinski definition) is 4. The van der Waals surface area contributed by atoms with Gasteiger partial charge < -0.3 is 14.7 Å². The molecule has 3 N–H and O–H groups in total. The molecule has 1 aromatic carbocycles. The molecule has 0 bridgehead atoms. The van der Waals surface area contributed by atoms with Gasteiger partial charge in [-0.05, 0) is 12.1 Å². The summed E-state index contributed by atoms with van der Waals surface area (Å²) in [6.45, 7) is 4.00. The molecular weight excluding hydrogens is 170 g/mol. The van der Waals surface area contributed by atoms with Gasteiger partial charge in [-0.1, -0.05) is 19.9 Å². The van der Waals surface area contributed by atoms with Gasteiger partial charge in [0.25, 0.3) is 0 Å². The molecule has 74 valence electrons. The number of aromatic hydroxyl groups is 1. The predicted octanol–water partition coefficient (Wildman–Crippen LogP) is 1.68. The summed E-state index contributed by atoms with van der Waals surface area (Å²) in [5, 5.41) is 9.16. The number of ether oxygens (including phenoxy) is 1. The molecule has 0 aliphatic heterocycles. The Morgan fingerprint density at radius 3 is 2.31 bits per heavy atom. The topological polar surface area (TPSA) is 64.7 Å². The van der Waals surface area contributed by atoms with Crippen LogP contribution in [-0.2, 0) is 0 Å². The number of phenolic OH excluding ortho intramolecular Hbond substituents is 1. The molecule has 0 unspecified atom stereocenters. The van der Waals surface area contributed by atoms with Gasteiger partial charge in [0.05, 0.1) is 7.11 Å². The van der Waals surface area contributed by atoms with Crippen LogP contribution in [0.3, 0.4) is 0 Å². The molecule has 0 spiro atoms. The molecule has 0 aliphatic carbocycles. The maximum atomic E-state index is 9.16. The van der Waals surface area contributed by atoms with E-state index < -0.39 is 0 Å². The molecule has 1 rings (SSSR count). The normalized spacial score (nSPS) is 8.31. The Morgan fingerprint density at radius 1 is 1.31 bits per heavy atom. The zero-order valence-corrected chi connectivity index (χ0v) is 8.07. The van der Waals surface area contributed by atoms with E-state index in [0.717, 1.165) is 0 Å². The first kappa shape index (κ1) is 11.6. The Labute approximate surface area is 77.8 Å². The lowest BCUT2D eigenvalue weighted by Crippen LogP contribution is -2.03. The highest BCUT2D eigenvalue weighted by atomic mass is 16.6. The number of phenols is 1. The van der Waals surface area contributed by atoms with Crippen LogP contribution in [0, 0.1) is 0 Å². The lowest BCUT2D eigenvalue weighted by atomic mass is 10.3. The largest absolute Gasteiger partial charge is 0.504 e. The first-order valence-electron chi connectivity index (χ1n) is 4.02. The Kier molecular flexibility index (Phi) is 5.47. The Balaban J connectivity index is 0.000000671. The molecule has 0 radical (unpaired) electrons. The van der Waals surface area contributed by atoms with E-state index in [9.17, 15) is 0 Å². The molecule has 4 heteroatoms. The second-order valence-electron chi connectivity index (χ2n) is 1.93. The summed E-state index contributed by atoms with van der Waals surface area (Å²) < 4.78 is 4.81. The van der Waals surface area contributed by atoms with Crippen LogP contribution < -0.4 is 15.5 Å². The monoisotopic (exact) mass is 185 g/mol. The summed E-state index contributed by atoms with van der Waals surface area (Å²) in [5.41, 5.74) is 0. The fourth-order valence-electron chi connectivity index (χ4n) is 0.802. The van der Waals surface area contributed by atoms with E-state index in [2.05, 4.69) is 4.84 Å². The Bertz CT molecular complexity index is 251. The highest BCUT2D eigenvalue weighted by Crippen LogP contribution is 2.34. The molecular formula is C9H15NO3. The van der Waals surface area contributed by atoms with Gasteiger partial charge in [0.2, 0.25) is 5.75 Å². The molecule has 0 aliphatic rings. The lowest BCUT2D eigenvalue weighted by Gasteiger charge is -2.06. The number of hydrogen-bond donors (Lipinski definition) is 2. The molecule has 0 fully saturated rings. The summed E-state index contributed by atoms with van der Waals surface area (Å²) >= 11 is 0. The van der Waals surface area contributed by atoms with Crippen molar-refractivity contribution in [3.63, 3.8) is 0 Å². The highest BCUT2D eigenvalue weighted by Gasteiger charge is 2.07. The van der Waals surface area contributed by atoms with Crippen LogP contribution in [0.2, 0.25) is 0 Å². The zero-order valence-electron chi connectivity index (χ0n) is 8.07. The van der Waals surface area contributed by atoms with E-state index in [1.165, 1.54) is 13.2 Å². The fourth-order valence-corrected chi connectivity index (χ4v) is 0.802. The number of nitrogens with two attached hydrogens (primary N) is 1. The zero-order chi connectivity index (χ0) is 10.3. The van der Waals surface area contributed by atoms with Crippen LogP contribution in [0.5, 0.6) is 17.2 Å². The van der Waals surface area contributed by atoms with Gasteiger partial charge in [-0.2, -0.15) is 5.90 Å². The Morgan fingerprint density at radius 2 is 1.92 bits per heavy atom. The first-order valence-corrected chi connectivity index (χ1v) is 4.02. The smallest absolute Gasteiger partial charge is 0.205 e. The van der Waals surface area contributed by atoms with E-state index in [-0.39, 0.29) is 11.5 Å². The SMILES string of the molecule is CC.COc1c(O)cccc1ON. The minimum atomic E-state index is 0.00968. The second kappa shape index (κ2) is 6.14. The number of para-hydroxylation sites is 1. The third kappa shape index (κ3) is 2.83. The summed E-state index contributed by atoms with van der Waals surface area (Å²) in [6, 6.07) is 4.69. The van der Waals surface area contributed by atoms with Crippen LogP contribution in [-0.4, -0.2) is 12.2 Å². The third-order valence-corrected chi connectivity index (χ3v) is 1.29. The van der Waals surface area contributed by atoms with Gasteiger partial charge in [-0.25, -0.2) is 0 Å². The van der Waals surface area contributed by atoms with Crippen LogP contribution in [0.1, 0.15) is 13.8 Å². The van der Waals surface area contributed by atoms with Crippen molar-refractivity contribution >= 4 is 0 Å². The van der Waals surface area contributed by atoms with E-state index in [1.807, 2.05) is 13.8 Å². The second-order valence-corrected chi connectivity index (χ2v) is 1.93. The molecule has 4 nitrogen and oxygen atoms in total. The van der Waals surface area contributed by atoms with Gasteiger partial charge in [0.15, 0.2) is 11.5 Å². The van der Waals surface area contributed by atoms with Crippen molar-refractivity contribution in [1.29, 1.82) is 0 Å². The van der Waals surface area contributed by atoms with Crippen molar-refractivity contribution < 1.29 is 14.7 Å². The quantitative estimate of drug-likeness (QED) is 0.688. The van der Waals surface area contributed by atoms with E-state index >= 15 is 0 Å². The maximum Gasteiger partial charge on any atom is 0.205 e. The van der Waals surface area contributed by atoms with Crippen molar-refractivity contribution in [2.45, 2.75) is 13.8 Å². The van der Waals surface area contributed by atoms with Gasteiger partial charge in [0, 0.05) is 0 Å². The number of rotatable bonds is 2. The molecule has 13 heavy (non-hydrogen) atoms. The van der Waals surface area contributed by atoms with Crippen LogP contribution in [0.25, 0.3) is 0 Å². The molecule has 0 saturated carbocycles. The molecule has 0 saturated heterocycles. The van der Waals surface area contributed by atoms with Gasteiger partial charge in [0.1, 0.15) is 0 Å². The van der Waals surface area contributed by atoms with Gasteiger partial charge in [-0.15, -0.1) is 0 Å². The summed E-state index contributed by atoms with van der Waals surface area (Å²) in [7, 11) is 1.43. The minimum Gasteiger partial charge on any atom is -0.504 e. The molecule has 0 heterocycles. The van der Waals surface area contributed by atoms with E-state index in [0.29, 0.717) is 5.75 Å². The molecule has 0 atom stereocenters. The average molecular weight is 185 g/mol. The Hall–Kier alpha value is -1.42. The summed E-state index contributed by atoms with van der Waals surface area (Å²) in [6.07, 6.45) is 0. The van der Waals surface area contributed by atoms with Crippen LogP contribution >= 0.6 is 0 Å². The van der Waals surface area contributed by atoms with E-state index in [1.54, 1.807) is 12.1 Å². The fraction of sp³-hybridized carbons (Fsp3) is 0.333. The lowest BCUT2D eigenvalue weighted by molar-refractivity contribution is 0.296. The summed E-state index contributed by atoms with van der Waals surface area (Å²) in [4.78, 5) is 4.43. The van der Waals surface area contributed by atoms with Gasteiger partial charge >= 0.3 is 0 Å². The van der Waals surface area contributed by atoms with E-state index in [4.69, 9.17) is 15.7 Å². The van der Waals surface area contributed by atoms with Crippen molar-refractivity contribution in [3.8, 4) is 17.2 Å². The maximum absolute atomic E-state index is 9.16. The van der Waals surface area contributed by atoms with Crippen LogP contribution in [0.15, 0.2) is 18.2 Å². The standard InChI is InChI=1S/C7H9NO3.C2H6/c1-10-7-5(9)3-2-4-6(7)11-8;1-2/h2-4,9H,8H2,1H3;1-2H3. The first-order chi connectivity index (χ1) is 6.29. The van der Waals surface area contributed by atoms with Gasteiger partial charge in [-0.3, -0.25) is 0 Å². The van der Waals surface area contributed by atoms with Crippen LogP contribution in [0.4, 0.5) is 0 Å². The van der Waals surface area contributed by atoms with Crippen molar-refractivity contribution in [2.24, 2.45) is 5.90 Å². The predicted molar refractivity (Wildman–Crippen MR) is 50.8 cm³/mol. The van der Waals surface area contributed by atoms with Crippen molar-refractivity contribution in [3.05, 3.63) is 18.2 Å².